The van der Waals surface area contributed by atoms with Gasteiger partial charge in [-0.05, 0) is 36.2 Å². The molecule has 0 heterocycles. The first-order valence-electron chi connectivity index (χ1n) is 12.1. The van der Waals surface area contributed by atoms with Crippen molar-refractivity contribution in [1.29, 1.82) is 0 Å². The Morgan fingerprint density at radius 3 is 2.20 bits per heavy atom. The minimum absolute atomic E-state index is 0.0160. The lowest BCUT2D eigenvalue weighted by Gasteiger charge is -2.22. The number of non-ortho nitro benzene ring substituents is 1. The molecule has 0 aliphatic heterocycles. The van der Waals surface area contributed by atoms with Gasteiger partial charge in [0.15, 0.2) is 0 Å². The fourth-order valence-electron chi connectivity index (χ4n) is 3.49. The maximum absolute atomic E-state index is 13.1. The fourth-order valence-corrected chi connectivity index (χ4v) is 3.49. The predicted molar refractivity (Wildman–Crippen MR) is 144 cm³/mol. The number of benzene rings is 3. The number of carbonyl (C=O) groups excluding carboxylic acids is 3. The third kappa shape index (κ3) is 8.91. The van der Waals surface area contributed by atoms with Crippen LogP contribution >= 0.6 is 0 Å². The Kier molecular flexibility index (Phi) is 10.1. The van der Waals surface area contributed by atoms with Gasteiger partial charge in [-0.25, -0.2) is 4.79 Å². The number of phenols is 1. The van der Waals surface area contributed by atoms with Crippen molar-refractivity contribution in [2.45, 2.75) is 32.0 Å². The molecule has 2 unspecified atom stereocenters. The second-order valence-electron chi connectivity index (χ2n) is 8.69. The molecule has 3 aromatic rings. The summed E-state index contributed by atoms with van der Waals surface area (Å²) in [6.07, 6.45) is -0.921. The molecule has 0 radical (unpaired) electrons. The van der Waals surface area contributed by atoms with Gasteiger partial charge in [0.1, 0.15) is 30.1 Å². The summed E-state index contributed by atoms with van der Waals surface area (Å²) in [6, 6.07) is 15.1. The van der Waals surface area contributed by atoms with Crippen molar-refractivity contribution in [2.24, 2.45) is 0 Å². The third-order valence-electron chi connectivity index (χ3n) is 5.66. The first kappa shape index (κ1) is 29.8. The second kappa shape index (κ2) is 13.9. The first-order chi connectivity index (χ1) is 19.5. The van der Waals surface area contributed by atoms with Crippen LogP contribution in [0.2, 0.25) is 0 Å². The number of nitrogens with one attached hydrogen (secondary N) is 4. The van der Waals surface area contributed by atoms with Crippen molar-refractivity contribution in [2.75, 3.05) is 5.43 Å². The van der Waals surface area contributed by atoms with Gasteiger partial charge in [-0.2, -0.15) is 0 Å². The maximum atomic E-state index is 13.1. The van der Waals surface area contributed by atoms with Crippen LogP contribution < -0.4 is 21.5 Å². The van der Waals surface area contributed by atoms with E-state index in [0.717, 1.165) is 23.8 Å². The van der Waals surface area contributed by atoms with Crippen molar-refractivity contribution in [3.63, 3.8) is 0 Å². The van der Waals surface area contributed by atoms with E-state index in [4.69, 9.17) is 4.74 Å². The molecule has 41 heavy (non-hydrogen) atoms. The molecule has 3 rings (SSSR count). The Hall–Kier alpha value is -5.73. The van der Waals surface area contributed by atoms with Crippen LogP contribution in [0.1, 0.15) is 18.1 Å². The Labute approximate surface area is 232 Å². The van der Waals surface area contributed by atoms with Gasteiger partial charge in [0, 0.05) is 12.5 Å². The summed E-state index contributed by atoms with van der Waals surface area (Å²) in [6.45, 7) is 1.36. The molecule has 0 saturated carbocycles. The number of anilines is 1. The molecule has 0 fully saturated rings. The van der Waals surface area contributed by atoms with Gasteiger partial charge >= 0.3 is 11.8 Å². The van der Waals surface area contributed by atoms with Crippen molar-refractivity contribution < 1.29 is 34.1 Å². The second-order valence-corrected chi connectivity index (χ2v) is 8.69. The summed E-state index contributed by atoms with van der Waals surface area (Å²) in [5, 5.41) is 36.8. The lowest BCUT2D eigenvalue weighted by molar-refractivity contribution is -0.393. The lowest BCUT2D eigenvalue weighted by Crippen LogP contribution is -2.54. The van der Waals surface area contributed by atoms with E-state index in [-0.39, 0.29) is 24.5 Å². The number of hydrogen-bond acceptors (Lipinski definition) is 10. The molecule has 15 nitrogen and oxygen atoms in total. The number of hydrazine groups is 1. The van der Waals surface area contributed by atoms with Crippen molar-refractivity contribution in [3.05, 3.63) is 104 Å². The van der Waals surface area contributed by atoms with Crippen LogP contribution in [-0.2, 0) is 27.4 Å². The average molecular weight is 567 g/mol. The molecule has 0 spiro atoms. The fraction of sp³-hybridized carbons (Fsp3) is 0.192. The summed E-state index contributed by atoms with van der Waals surface area (Å²) >= 11 is 0. The van der Waals surface area contributed by atoms with Crippen LogP contribution in [0, 0.1) is 20.2 Å². The minimum atomic E-state index is -1.25. The zero-order valence-electron chi connectivity index (χ0n) is 21.6. The molecule has 5 N–H and O–H groups in total. The summed E-state index contributed by atoms with van der Waals surface area (Å²) in [7, 11) is 0. The topological polar surface area (TPSA) is 215 Å². The molecular formula is C26H26N6O9. The number of nitro benzene ring substituents is 2. The Bertz CT molecular complexity index is 1420. The predicted octanol–water partition coefficient (Wildman–Crippen LogP) is 2.69. The smallest absolute Gasteiger partial charge is 0.408 e. The number of ether oxygens (including phenoxy) is 1. The molecule has 0 aliphatic carbocycles. The lowest BCUT2D eigenvalue weighted by atomic mass is 10.0. The van der Waals surface area contributed by atoms with E-state index in [1.807, 2.05) is 6.07 Å². The number of phenolic OH excluding ortho intramolecular Hbond substituents is 1. The molecule has 214 valence electrons. The number of aromatic hydroxyl groups is 1. The number of nitrogens with zero attached hydrogens (tertiary/aromatic N) is 2. The zero-order valence-corrected chi connectivity index (χ0v) is 21.6. The summed E-state index contributed by atoms with van der Waals surface area (Å²) in [5.41, 5.74) is 4.49. The maximum Gasteiger partial charge on any atom is 0.408 e. The zero-order chi connectivity index (χ0) is 29.9. The Morgan fingerprint density at radius 2 is 1.56 bits per heavy atom. The van der Waals surface area contributed by atoms with Crippen LogP contribution in [0.5, 0.6) is 5.75 Å². The molecule has 3 aromatic carbocycles. The van der Waals surface area contributed by atoms with Gasteiger partial charge < -0.3 is 20.5 Å². The molecule has 15 heteroatoms. The highest BCUT2D eigenvalue weighted by Gasteiger charge is 2.26. The van der Waals surface area contributed by atoms with E-state index in [0.29, 0.717) is 5.56 Å². The van der Waals surface area contributed by atoms with E-state index in [1.54, 1.807) is 24.3 Å². The molecule has 0 aromatic heterocycles. The van der Waals surface area contributed by atoms with E-state index in [1.165, 1.54) is 31.2 Å². The van der Waals surface area contributed by atoms with Gasteiger partial charge in [-0.15, -0.1) is 0 Å². The summed E-state index contributed by atoms with van der Waals surface area (Å²) in [4.78, 5) is 58.8. The number of nitro groups is 2. The van der Waals surface area contributed by atoms with Gasteiger partial charge in [0.2, 0.25) is 5.91 Å². The molecule has 0 saturated heterocycles. The Morgan fingerprint density at radius 1 is 0.878 bits per heavy atom. The number of rotatable bonds is 12. The molecule has 2 atom stereocenters. The normalized spacial score (nSPS) is 11.8. The highest BCUT2D eigenvalue weighted by atomic mass is 16.6. The number of carbonyl (C=O) groups is 3. The van der Waals surface area contributed by atoms with Crippen molar-refractivity contribution in [3.8, 4) is 5.75 Å². The molecule has 3 amide bonds. The van der Waals surface area contributed by atoms with E-state index < -0.39 is 51.2 Å². The van der Waals surface area contributed by atoms with Crippen molar-refractivity contribution in [1.82, 2.24) is 16.1 Å². The highest BCUT2D eigenvalue weighted by molar-refractivity contribution is 5.91. The van der Waals surface area contributed by atoms with Gasteiger partial charge in [-0.3, -0.25) is 40.7 Å². The van der Waals surface area contributed by atoms with Gasteiger partial charge in [-0.1, -0.05) is 42.5 Å². The summed E-state index contributed by atoms with van der Waals surface area (Å²) in [5.74, 6) is -1.57. The number of hydrogen-bond donors (Lipinski definition) is 5. The summed E-state index contributed by atoms with van der Waals surface area (Å²) < 4.78 is 5.11. The van der Waals surface area contributed by atoms with Crippen molar-refractivity contribution >= 4 is 35.0 Å². The van der Waals surface area contributed by atoms with Crippen LogP contribution in [0.25, 0.3) is 0 Å². The van der Waals surface area contributed by atoms with Gasteiger partial charge in [0.05, 0.1) is 15.9 Å². The Balaban J connectivity index is 1.68. The van der Waals surface area contributed by atoms with Crippen LogP contribution in [0.15, 0.2) is 72.8 Å². The molecule has 0 bridgehead atoms. The SMILES string of the molecule is CC(NC(=O)OCc1ccccc1)C(=O)NC(Cc1ccc(O)cc1)C(=O)NNc1ccc([N+](=O)[O-])cc1[N+](=O)[O-]. The van der Waals surface area contributed by atoms with E-state index in [2.05, 4.69) is 21.5 Å². The van der Waals surface area contributed by atoms with Gasteiger partial charge in [0.25, 0.3) is 11.6 Å². The van der Waals surface area contributed by atoms with E-state index >= 15 is 0 Å². The van der Waals surface area contributed by atoms with Crippen LogP contribution in [0.4, 0.5) is 21.9 Å². The number of alkyl carbamates (subject to hydrolysis) is 1. The average Bonchev–Trinajstić information content (AvgIpc) is 2.95. The quantitative estimate of drug-likeness (QED) is 0.159. The molecule has 0 aliphatic rings. The van der Waals surface area contributed by atoms with Crippen LogP contribution in [0.3, 0.4) is 0 Å². The van der Waals surface area contributed by atoms with Crippen LogP contribution in [-0.4, -0.2) is 44.9 Å². The van der Waals surface area contributed by atoms with E-state index in [9.17, 15) is 39.7 Å². The third-order valence-corrected chi connectivity index (χ3v) is 5.66. The molecular weight excluding hydrogens is 540 g/mol. The monoisotopic (exact) mass is 566 g/mol. The highest BCUT2D eigenvalue weighted by Crippen LogP contribution is 2.28. The number of amides is 3. The standard InChI is InChI=1S/C26H26N6O9/c1-16(27-26(36)41-15-18-5-3-2-4-6-18)24(34)28-22(13-17-7-10-20(33)11-8-17)25(35)30-29-21-12-9-19(31(37)38)14-23(21)32(39)40/h2-12,14,16,22,29,33H,13,15H2,1H3,(H,27,36)(H,28,34)(H,30,35). The first-order valence-corrected chi connectivity index (χ1v) is 12.1. The minimum Gasteiger partial charge on any atom is -0.508 e. The largest absolute Gasteiger partial charge is 0.508 e.